The van der Waals surface area contributed by atoms with Gasteiger partial charge in [-0.25, -0.2) is 9.59 Å². The minimum absolute atomic E-state index is 0.161. The topological polar surface area (TPSA) is 104 Å². The second kappa shape index (κ2) is 10.7. The molecule has 0 atom stereocenters. The van der Waals surface area contributed by atoms with E-state index in [2.05, 4.69) is 0 Å². The Morgan fingerprint density at radius 2 is 1.52 bits per heavy atom. The standard InChI is InChI=1S/C23H23NO7/c1-14(2)30-23(26)17(13-24)10-15-6-8-19(20(11-15)28-4)31-22(25)16-7-9-18(27-3)21(12-16)29-5/h6-12,14H,1-5H3/b17-10+. The van der Waals surface area contributed by atoms with Crippen molar-refractivity contribution < 1.29 is 33.3 Å². The third-order valence-electron chi connectivity index (χ3n) is 4.00. The van der Waals surface area contributed by atoms with E-state index in [1.54, 1.807) is 32.0 Å². The molecule has 0 saturated heterocycles. The van der Waals surface area contributed by atoms with E-state index in [9.17, 15) is 14.9 Å². The van der Waals surface area contributed by atoms with E-state index < -0.39 is 11.9 Å². The lowest BCUT2D eigenvalue weighted by atomic mass is 10.1. The van der Waals surface area contributed by atoms with E-state index in [-0.39, 0.29) is 28.7 Å². The lowest BCUT2D eigenvalue weighted by molar-refractivity contribution is -0.142. The van der Waals surface area contributed by atoms with Gasteiger partial charge >= 0.3 is 11.9 Å². The Morgan fingerprint density at radius 3 is 2.10 bits per heavy atom. The molecule has 0 radical (unpaired) electrons. The van der Waals surface area contributed by atoms with Crippen LogP contribution >= 0.6 is 0 Å². The molecule has 0 amide bonds. The Bertz CT molecular complexity index is 1030. The van der Waals surface area contributed by atoms with Crippen LogP contribution in [0.1, 0.15) is 29.8 Å². The summed E-state index contributed by atoms with van der Waals surface area (Å²) in [6, 6.07) is 11.1. The van der Waals surface area contributed by atoms with Gasteiger partial charge in [-0.1, -0.05) is 6.07 Å². The van der Waals surface area contributed by atoms with Gasteiger partial charge in [0.1, 0.15) is 11.6 Å². The van der Waals surface area contributed by atoms with Crippen molar-refractivity contribution in [2.24, 2.45) is 0 Å². The highest BCUT2D eigenvalue weighted by Gasteiger charge is 2.17. The Morgan fingerprint density at radius 1 is 0.903 bits per heavy atom. The van der Waals surface area contributed by atoms with Crippen LogP contribution in [0.4, 0.5) is 0 Å². The van der Waals surface area contributed by atoms with Crippen LogP contribution in [0.3, 0.4) is 0 Å². The SMILES string of the molecule is COc1ccc(C(=O)Oc2ccc(/C=C(\C#N)C(=O)OC(C)C)cc2OC)cc1OC. The van der Waals surface area contributed by atoms with Crippen molar-refractivity contribution in [2.75, 3.05) is 21.3 Å². The number of rotatable bonds is 8. The molecule has 8 heteroatoms. The van der Waals surface area contributed by atoms with E-state index in [1.807, 2.05) is 6.07 Å². The minimum atomic E-state index is -0.722. The fraction of sp³-hybridized carbons (Fsp3) is 0.261. The van der Waals surface area contributed by atoms with Crippen molar-refractivity contribution in [1.29, 1.82) is 5.26 Å². The van der Waals surface area contributed by atoms with Crippen molar-refractivity contribution in [3.8, 4) is 29.1 Å². The van der Waals surface area contributed by atoms with Gasteiger partial charge in [0.15, 0.2) is 23.0 Å². The summed E-state index contributed by atoms with van der Waals surface area (Å²) in [5.41, 5.74) is 0.595. The molecule has 0 spiro atoms. The summed E-state index contributed by atoms with van der Waals surface area (Å²) in [6.07, 6.45) is 1.02. The van der Waals surface area contributed by atoms with Gasteiger partial charge in [0.25, 0.3) is 0 Å². The quantitative estimate of drug-likeness (QED) is 0.272. The van der Waals surface area contributed by atoms with Gasteiger partial charge in [-0.2, -0.15) is 5.26 Å². The first kappa shape index (κ1) is 23.3. The molecule has 0 fully saturated rings. The maximum atomic E-state index is 12.6. The molecule has 0 aliphatic rings. The average Bonchev–Trinajstić information content (AvgIpc) is 2.76. The van der Waals surface area contributed by atoms with Crippen LogP contribution < -0.4 is 18.9 Å². The van der Waals surface area contributed by atoms with Crippen molar-refractivity contribution >= 4 is 18.0 Å². The van der Waals surface area contributed by atoms with Crippen LogP contribution in [0.25, 0.3) is 6.08 Å². The number of hydrogen-bond acceptors (Lipinski definition) is 8. The predicted octanol–water partition coefficient (Wildman–Crippen LogP) is 3.79. The van der Waals surface area contributed by atoms with Crippen LogP contribution in [0.15, 0.2) is 42.0 Å². The Kier molecular flexibility index (Phi) is 8.03. The smallest absolute Gasteiger partial charge is 0.349 e. The highest BCUT2D eigenvalue weighted by Crippen LogP contribution is 2.31. The van der Waals surface area contributed by atoms with E-state index in [0.29, 0.717) is 17.1 Å². The number of ether oxygens (including phenoxy) is 5. The highest BCUT2D eigenvalue weighted by atomic mass is 16.6. The molecule has 0 heterocycles. The predicted molar refractivity (Wildman–Crippen MR) is 112 cm³/mol. The van der Waals surface area contributed by atoms with Crippen LogP contribution in [0.2, 0.25) is 0 Å². The molecule has 0 saturated carbocycles. The second-order valence-corrected chi connectivity index (χ2v) is 6.49. The summed E-state index contributed by atoms with van der Waals surface area (Å²) < 4.78 is 26.1. The van der Waals surface area contributed by atoms with Crippen molar-refractivity contribution in [3.05, 3.63) is 53.1 Å². The molecule has 0 aliphatic heterocycles. The fourth-order valence-electron chi connectivity index (χ4n) is 2.56. The molecular formula is C23H23NO7. The van der Waals surface area contributed by atoms with E-state index in [1.165, 1.54) is 45.6 Å². The summed E-state index contributed by atoms with van der Waals surface area (Å²) in [7, 11) is 4.38. The molecule has 0 unspecified atom stereocenters. The van der Waals surface area contributed by atoms with Gasteiger partial charge in [0, 0.05) is 0 Å². The molecular weight excluding hydrogens is 402 g/mol. The molecule has 8 nitrogen and oxygen atoms in total. The van der Waals surface area contributed by atoms with Gasteiger partial charge in [-0.3, -0.25) is 0 Å². The minimum Gasteiger partial charge on any atom is -0.493 e. The molecule has 0 N–H and O–H groups in total. The molecule has 2 aromatic carbocycles. The average molecular weight is 425 g/mol. The number of hydrogen-bond donors (Lipinski definition) is 0. The number of carbonyl (C=O) groups is 2. The molecule has 0 aliphatic carbocycles. The maximum absolute atomic E-state index is 12.6. The summed E-state index contributed by atoms with van der Waals surface area (Å²) in [4.78, 5) is 24.5. The zero-order valence-electron chi connectivity index (χ0n) is 17.9. The van der Waals surface area contributed by atoms with Crippen molar-refractivity contribution in [1.82, 2.24) is 0 Å². The number of nitriles is 1. The van der Waals surface area contributed by atoms with E-state index in [0.717, 1.165) is 0 Å². The first-order valence-electron chi connectivity index (χ1n) is 9.28. The number of esters is 2. The second-order valence-electron chi connectivity index (χ2n) is 6.49. The van der Waals surface area contributed by atoms with Crippen LogP contribution in [0, 0.1) is 11.3 Å². The number of benzene rings is 2. The summed E-state index contributed by atoms with van der Waals surface area (Å²) >= 11 is 0. The first-order chi connectivity index (χ1) is 14.8. The molecule has 2 rings (SSSR count). The van der Waals surface area contributed by atoms with Crippen molar-refractivity contribution in [2.45, 2.75) is 20.0 Å². The Labute approximate surface area is 180 Å². The van der Waals surface area contributed by atoms with Crippen LogP contribution in [0.5, 0.6) is 23.0 Å². The zero-order chi connectivity index (χ0) is 23.0. The lowest BCUT2D eigenvalue weighted by Gasteiger charge is -2.12. The highest BCUT2D eigenvalue weighted by molar-refractivity contribution is 5.98. The molecule has 0 aromatic heterocycles. The van der Waals surface area contributed by atoms with Gasteiger partial charge in [0.05, 0.1) is 33.0 Å². The van der Waals surface area contributed by atoms with Crippen LogP contribution in [-0.4, -0.2) is 39.4 Å². The largest absolute Gasteiger partial charge is 0.493 e. The third-order valence-corrected chi connectivity index (χ3v) is 4.00. The Hall–Kier alpha value is -3.99. The summed E-state index contributed by atoms with van der Waals surface area (Å²) in [5, 5.41) is 9.24. The molecule has 0 bridgehead atoms. The van der Waals surface area contributed by atoms with Gasteiger partial charge in [0.2, 0.25) is 0 Å². The van der Waals surface area contributed by atoms with E-state index >= 15 is 0 Å². The van der Waals surface area contributed by atoms with Gasteiger partial charge in [-0.05, 0) is 55.8 Å². The van der Waals surface area contributed by atoms with E-state index in [4.69, 9.17) is 23.7 Å². The normalized spacial score (nSPS) is 10.8. The third kappa shape index (κ3) is 6.00. The summed E-state index contributed by atoms with van der Waals surface area (Å²) in [6.45, 7) is 3.38. The fourth-order valence-corrected chi connectivity index (χ4v) is 2.56. The van der Waals surface area contributed by atoms with Gasteiger partial charge < -0.3 is 23.7 Å². The number of carbonyl (C=O) groups excluding carboxylic acids is 2. The van der Waals surface area contributed by atoms with Crippen molar-refractivity contribution in [3.63, 3.8) is 0 Å². The lowest BCUT2D eigenvalue weighted by Crippen LogP contribution is -2.12. The number of nitrogens with zero attached hydrogens (tertiary/aromatic N) is 1. The first-order valence-corrected chi connectivity index (χ1v) is 9.28. The Balaban J connectivity index is 2.27. The molecule has 31 heavy (non-hydrogen) atoms. The molecule has 2 aromatic rings. The van der Waals surface area contributed by atoms with Crippen LogP contribution in [-0.2, 0) is 9.53 Å². The number of methoxy groups -OCH3 is 3. The van der Waals surface area contributed by atoms with Gasteiger partial charge in [-0.15, -0.1) is 0 Å². The molecule has 162 valence electrons. The zero-order valence-corrected chi connectivity index (χ0v) is 17.9. The monoisotopic (exact) mass is 425 g/mol. The maximum Gasteiger partial charge on any atom is 0.349 e. The summed E-state index contributed by atoms with van der Waals surface area (Å²) in [5.74, 6) is -0.0558.